The molecule has 0 aliphatic carbocycles. The average Bonchev–Trinajstić information content (AvgIpc) is 2.56. The lowest BCUT2D eigenvalue weighted by Crippen LogP contribution is -2.42. The van der Waals surface area contributed by atoms with E-state index >= 15 is 0 Å². The Kier molecular flexibility index (Phi) is 5.76. The Morgan fingerprint density at radius 2 is 1.38 bits per heavy atom. The lowest BCUT2D eigenvalue weighted by molar-refractivity contribution is 0.417. The Balaban J connectivity index is 2.52. The molecule has 0 heterocycles. The van der Waals surface area contributed by atoms with Crippen LogP contribution in [0.15, 0.2) is 60.1 Å². The minimum atomic E-state index is 0.132. The van der Waals surface area contributed by atoms with E-state index in [1.165, 1.54) is 0 Å². The summed E-state index contributed by atoms with van der Waals surface area (Å²) in [4.78, 5) is 0. The van der Waals surface area contributed by atoms with E-state index in [0.29, 0.717) is 0 Å². The van der Waals surface area contributed by atoms with Crippen molar-refractivity contribution in [2.75, 3.05) is 14.2 Å². The average molecular weight is 301 g/mol. The van der Waals surface area contributed by atoms with Crippen LogP contribution in [0.3, 0.4) is 0 Å². The molecule has 0 amide bonds. The maximum Gasteiger partial charge on any atom is 0.222 e. The quantitative estimate of drug-likeness (QED) is 0.763. The highest BCUT2D eigenvalue weighted by Crippen LogP contribution is 2.14. The van der Waals surface area contributed by atoms with Gasteiger partial charge in [0, 0.05) is 0 Å². The molecule has 108 valence electrons. The third-order valence-electron chi connectivity index (χ3n) is 3.49. The minimum absolute atomic E-state index is 0.132. The van der Waals surface area contributed by atoms with E-state index in [-0.39, 0.29) is 6.71 Å². The second kappa shape index (κ2) is 7.80. The summed E-state index contributed by atoms with van der Waals surface area (Å²) < 4.78 is 11.0. The van der Waals surface area contributed by atoms with Crippen molar-refractivity contribution in [2.45, 2.75) is 6.32 Å². The van der Waals surface area contributed by atoms with Crippen molar-refractivity contribution in [3.63, 3.8) is 0 Å². The monoisotopic (exact) mass is 300 g/mol. The van der Waals surface area contributed by atoms with Gasteiger partial charge in [0.25, 0.3) is 0 Å². The smallest absolute Gasteiger partial charge is 0.222 e. The van der Waals surface area contributed by atoms with Gasteiger partial charge < -0.3 is 9.47 Å². The van der Waals surface area contributed by atoms with E-state index < -0.39 is 0 Å². The van der Waals surface area contributed by atoms with E-state index in [4.69, 9.17) is 21.1 Å². The molecule has 0 radical (unpaired) electrons. The summed E-state index contributed by atoms with van der Waals surface area (Å²) in [5.74, 6) is 1.74. The number of methoxy groups -OCH3 is 2. The first kappa shape index (κ1) is 15.5. The minimum Gasteiger partial charge on any atom is -0.497 e. The molecule has 0 fully saturated rings. The van der Waals surface area contributed by atoms with Crippen LogP contribution < -0.4 is 20.4 Å². The fourth-order valence-electron chi connectivity index (χ4n) is 2.52. The van der Waals surface area contributed by atoms with Crippen LogP contribution in [0.1, 0.15) is 0 Å². The number of allylic oxidation sites excluding steroid dienone is 1. The highest BCUT2D eigenvalue weighted by molar-refractivity contribution is 6.86. The molecule has 0 saturated heterocycles. The highest BCUT2D eigenvalue weighted by Gasteiger charge is 2.24. The molecule has 0 aliphatic rings. The molecular weight excluding hydrogens is 282 g/mol. The third-order valence-corrected chi connectivity index (χ3v) is 3.67. The molecular formula is C17H18BClO2. The summed E-state index contributed by atoms with van der Waals surface area (Å²) in [6.45, 7) is 0.132. The normalized spacial score (nSPS) is 10.6. The van der Waals surface area contributed by atoms with Crippen molar-refractivity contribution in [3.8, 4) is 11.5 Å². The standard InChI is InChI=1S/C17H18BClO2/c1-20-16-10-5-3-8-14(16)18(12-7-13-19)15-9-4-6-11-17(15)21-2/h3-11,13H,12H2,1-2H3. The van der Waals surface area contributed by atoms with Crippen LogP contribution in [0.2, 0.25) is 6.32 Å². The summed E-state index contributed by atoms with van der Waals surface area (Å²) >= 11 is 5.72. The fourth-order valence-corrected chi connectivity index (χ4v) is 2.62. The molecule has 2 rings (SSSR count). The van der Waals surface area contributed by atoms with Gasteiger partial charge in [-0.3, -0.25) is 0 Å². The fraction of sp³-hybridized carbons (Fsp3) is 0.176. The van der Waals surface area contributed by atoms with Crippen LogP contribution >= 0.6 is 11.6 Å². The summed E-state index contributed by atoms with van der Waals surface area (Å²) in [5.41, 5.74) is 3.80. The number of hydrogen-bond donors (Lipinski definition) is 0. The van der Waals surface area contributed by atoms with Gasteiger partial charge in [-0.1, -0.05) is 54.1 Å². The van der Waals surface area contributed by atoms with Gasteiger partial charge in [0.1, 0.15) is 11.5 Å². The van der Waals surface area contributed by atoms with Gasteiger partial charge in [0.2, 0.25) is 6.71 Å². The van der Waals surface area contributed by atoms with Crippen LogP contribution in [0.25, 0.3) is 0 Å². The SMILES string of the molecule is COc1ccccc1B(CC=CCl)c1ccccc1OC. The topological polar surface area (TPSA) is 18.5 Å². The van der Waals surface area contributed by atoms with E-state index in [1.807, 2.05) is 42.5 Å². The van der Waals surface area contributed by atoms with Gasteiger partial charge in [0.15, 0.2) is 0 Å². The molecule has 0 aliphatic heterocycles. The molecule has 2 aromatic rings. The zero-order valence-electron chi connectivity index (χ0n) is 12.3. The van der Waals surface area contributed by atoms with Crippen LogP contribution in [-0.2, 0) is 0 Å². The van der Waals surface area contributed by atoms with Gasteiger partial charge in [-0.25, -0.2) is 0 Å². The Morgan fingerprint density at radius 3 is 1.81 bits per heavy atom. The van der Waals surface area contributed by atoms with Crippen molar-refractivity contribution in [3.05, 3.63) is 60.1 Å². The molecule has 0 unspecified atom stereocenters. The maximum absolute atomic E-state index is 5.72. The van der Waals surface area contributed by atoms with Crippen molar-refractivity contribution in [1.29, 1.82) is 0 Å². The van der Waals surface area contributed by atoms with Crippen LogP contribution in [0, 0.1) is 0 Å². The summed E-state index contributed by atoms with van der Waals surface area (Å²) in [6.07, 6.45) is 2.73. The summed E-state index contributed by atoms with van der Waals surface area (Å²) in [5, 5.41) is 0. The second-order valence-electron chi connectivity index (χ2n) is 4.63. The van der Waals surface area contributed by atoms with Crippen LogP contribution in [-0.4, -0.2) is 20.9 Å². The summed E-state index contributed by atoms with van der Waals surface area (Å²) in [6, 6.07) is 16.1. The molecule has 0 aromatic heterocycles. The Bertz CT molecular complexity index is 566. The number of benzene rings is 2. The predicted molar refractivity (Wildman–Crippen MR) is 90.8 cm³/mol. The zero-order chi connectivity index (χ0) is 15.1. The maximum atomic E-state index is 5.72. The van der Waals surface area contributed by atoms with E-state index in [0.717, 1.165) is 28.7 Å². The Morgan fingerprint density at radius 1 is 0.905 bits per heavy atom. The molecule has 21 heavy (non-hydrogen) atoms. The number of halogens is 1. The van der Waals surface area contributed by atoms with Crippen LogP contribution in [0.4, 0.5) is 0 Å². The Labute approximate surface area is 131 Å². The number of ether oxygens (including phenoxy) is 2. The Hall–Kier alpha value is -1.87. The van der Waals surface area contributed by atoms with Gasteiger partial charge in [-0.2, -0.15) is 0 Å². The van der Waals surface area contributed by atoms with Gasteiger partial charge in [0.05, 0.1) is 14.2 Å². The first-order valence-electron chi connectivity index (χ1n) is 6.82. The highest BCUT2D eigenvalue weighted by atomic mass is 35.5. The second-order valence-corrected chi connectivity index (χ2v) is 4.89. The van der Waals surface area contributed by atoms with Crippen molar-refractivity contribution in [1.82, 2.24) is 0 Å². The third kappa shape index (κ3) is 3.62. The number of hydrogen-bond acceptors (Lipinski definition) is 2. The van der Waals surface area contributed by atoms with Crippen molar-refractivity contribution >= 4 is 29.2 Å². The van der Waals surface area contributed by atoms with Gasteiger partial charge in [-0.05, 0) is 34.9 Å². The molecule has 0 saturated carbocycles. The number of para-hydroxylation sites is 2. The van der Waals surface area contributed by atoms with Crippen molar-refractivity contribution in [2.24, 2.45) is 0 Å². The van der Waals surface area contributed by atoms with Crippen LogP contribution in [0.5, 0.6) is 11.5 Å². The molecule has 0 spiro atoms. The molecule has 2 aromatic carbocycles. The van der Waals surface area contributed by atoms with Gasteiger partial charge in [-0.15, -0.1) is 0 Å². The zero-order valence-corrected chi connectivity index (χ0v) is 13.0. The first-order chi connectivity index (χ1) is 10.3. The van der Waals surface area contributed by atoms with Gasteiger partial charge >= 0.3 is 0 Å². The molecule has 4 heteroatoms. The summed E-state index contributed by atoms with van der Waals surface area (Å²) in [7, 11) is 3.38. The largest absolute Gasteiger partial charge is 0.497 e. The van der Waals surface area contributed by atoms with E-state index in [2.05, 4.69) is 12.1 Å². The lowest BCUT2D eigenvalue weighted by Gasteiger charge is -2.18. The first-order valence-corrected chi connectivity index (χ1v) is 7.26. The molecule has 0 bridgehead atoms. The lowest BCUT2D eigenvalue weighted by atomic mass is 9.38. The molecule has 0 atom stereocenters. The van der Waals surface area contributed by atoms with E-state index in [9.17, 15) is 0 Å². The van der Waals surface area contributed by atoms with E-state index in [1.54, 1.807) is 19.8 Å². The molecule has 0 N–H and O–H groups in total. The molecule has 2 nitrogen and oxygen atoms in total. The predicted octanol–water partition coefficient (Wildman–Crippen LogP) is 3.07. The number of rotatable bonds is 6. The van der Waals surface area contributed by atoms with Crippen molar-refractivity contribution < 1.29 is 9.47 Å².